The average Bonchev–Trinajstić information content (AvgIpc) is 3.13. The lowest BCUT2D eigenvalue weighted by Crippen LogP contribution is -2.63. The molecule has 5 nitrogen and oxygen atoms in total. The van der Waals surface area contributed by atoms with Gasteiger partial charge in [0.1, 0.15) is 6.04 Å². The molecule has 1 saturated heterocycles. The van der Waals surface area contributed by atoms with Gasteiger partial charge in [0, 0.05) is 34.0 Å². The van der Waals surface area contributed by atoms with E-state index in [0.29, 0.717) is 13.0 Å². The number of unbranched alkanes of at least 4 members (excludes halogenated alkanes) is 1. The molecule has 30 heavy (non-hydrogen) atoms. The van der Waals surface area contributed by atoms with E-state index in [0.717, 1.165) is 45.0 Å². The molecule has 0 saturated carbocycles. The molecule has 1 N–H and O–H groups in total. The molecule has 0 unspecified atom stereocenters. The van der Waals surface area contributed by atoms with Crippen molar-refractivity contribution in [3.05, 3.63) is 69.8 Å². The summed E-state index contributed by atoms with van der Waals surface area (Å²) < 4.78 is 0.939. The number of aromatic nitrogens is 1. The zero-order valence-corrected chi connectivity index (χ0v) is 18.5. The molecule has 0 spiro atoms. The monoisotopic (exact) mass is 465 g/mol. The summed E-state index contributed by atoms with van der Waals surface area (Å²) in [6.45, 7) is 2.90. The number of halogens is 1. The first-order chi connectivity index (χ1) is 14.6. The van der Waals surface area contributed by atoms with E-state index in [2.05, 4.69) is 40.0 Å². The van der Waals surface area contributed by atoms with E-state index in [4.69, 9.17) is 0 Å². The van der Waals surface area contributed by atoms with Gasteiger partial charge in [-0.25, -0.2) is 0 Å². The number of carbonyl (C=O) groups excluding carboxylic acids is 2. The highest BCUT2D eigenvalue weighted by atomic mass is 79.9. The van der Waals surface area contributed by atoms with Gasteiger partial charge >= 0.3 is 0 Å². The molecule has 1 fully saturated rings. The number of amides is 2. The number of carbonyl (C=O) groups is 2. The van der Waals surface area contributed by atoms with Crippen LogP contribution in [0.5, 0.6) is 0 Å². The first-order valence-electron chi connectivity index (χ1n) is 10.5. The quantitative estimate of drug-likeness (QED) is 0.619. The van der Waals surface area contributed by atoms with Crippen molar-refractivity contribution in [2.24, 2.45) is 0 Å². The van der Waals surface area contributed by atoms with Crippen LogP contribution in [0.25, 0.3) is 10.9 Å². The maximum atomic E-state index is 13.5. The van der Waals surface area contributed by atoms with Gasteiger partial charge in [-0.15, -0.1) is 0 Å². The number of H-pyrrole nitrogens is 1. The Bertz CT molecular complexity index is 1140. The van der Waals surface area contributed by atoms with Crippen LogP contribution in [-0.4, -0.2) is 45.7 Å². The van der Waals surface area contributed by atoms with Crippen molar-refractivity contribution in [3.63, 3.8) is 0 Å². The Morgan fingerprint density at radius 2 is 1.87 bits per heavy atom. The number of nitrogens with zero attached hydrogens (tertiary/aromatic N) is 2. The Morgan fingerprint density at radius 3 is 2.67 bits per heavy atom. The fourth-order valence-corrected chi connectivity index (χ4v) is 5.38. The topological polar surface area (TPSA) is 56.4 Å². The molecule has 2 aromatic carbocycles. The zero-order chi connectivity index (χ0) is 20.8. The third-order valence-electron chi connectivity index (χ3n) is 6.32. The van der Waals surface area contributed by atoms with E-state index in [1.807, 2.05) is 41.3 Å². The smallest absolute Gasteiger partial charge is 0.246 e. The number of fused-ring (bicyclic) bond motifs is 4. The van der Waals surface area contributed by atoms with Crippen LogP contribution in [0.15, 0.2) is 53.0 Å². The van der Waals surface area contributed by atoms with E-state index >= 15 is 0 Å². The predicted octanol–water partition coefficient (Wildman–Crippen LogP) is 4.42. The summed E-state index contributed by atoms with van der Waals surface area (Å²) in [4.78, 5) is 34.0. The van der Waals surface area contributed by atoms with Gasteiger partial charge in [-0.3, -0.25) is 9.59 Å². The fraction of sp³-hybridized carbons (Fsp3) is 0.333. The molecule has 0 aliphatic carbocycles. The molecule has 2 aliphatic rings. The largest absolute Gasteiger partial charge is 0.356 e. The number of rotatable bonds is 4. The Labute approximate surface area is 184 Å². The number of nitrogens with one attached hydrogen (secondary N) is 1. The van der Waals surface area contributed by atoms with E-state index < -0.39 is 6.04 Å². The summed E-state index contributed by atoms with van der Waals surface area (Å²) in [6, 6.07) is 15.4. The van der Waals surface area contributed by atoms with Crippen molar-refractivity contribution in [1.82, 2.24) is 14.8 Å². The maximum absolute atomic E-state index is 13.5. The number of hydrogen-bond donors (Lipinski definition) is 1. The standard InChI is InChI=1S/C24H24BrN3O2/c1-2-3-12-27-14-21(29)28-20(24(27)30)13-17-15-8-5-7-11-19(15)26-22(17)23(28)16-9-4-6-10-18(16)25/h4-11,20,23,26H,2-3,12-14H2,1H3/t20-,23-/m1/s1. The zero-order valence-electron chi connectivity index (χ0n) is 16.9. The first kappa shape index (κ1) is 19.4. The van der Waals surface area contributed by atoms with Gasteiger partial charge in [-0.2, -0.15) is 0 Å². The molecule has 2 aliphatic heterocycles. The summed E-state index contributed by atoms with van der Waals surface area (Å²) in [5.41, 5.74) is 4.20. The van der Waals surface area contributed by atoms with Crippen LogP contribution in [0.4, 0.5) is 0 Å². The third-order valence-corrected chi connectivity index (χ3v) is 7.05. The van der Waals surface area contributed by atoms with Crippen molar-refractivity contribution < 1.29 is 9.59 Å². The molecule has 3 heterocycles. The second-order valence-corrected chi connectivity index (χ2v) is 8.98. The molecule has 154 valence electrons. The van der Waals surface area contributed by atoms with Crippen LogP contribution >= 0.6 is 15.9 Å². The van der Waals surface area contributed by atoms with E-state index in [1.165, 1.54) is 0 Å². The molecule has 0 bridgehead atoms. The molecule has 5 rings (SSSR count). The number of para-hydroxylation sites is 1. The van der Waals surface area contributed by atoms with Gasteiger partial charge < -0.3 is 14.8 Å². The van der Waals surface area contributed by atoms with Crippen molar-refractivity contribution in [2.75, 3.05) is 13.1 Å². The van der Waals surface area contributed by atoms with Crippen molar-refractivity contribution in [2.45, 2.75) is 38.3 Å². The van der Waals surface area contributed by atoms with Crippen LogP contribution in [0, 0.1) is 0 Å². The Balaban J connectivity index is 1.68. The second-order valence-electron chi connectivity index (χ2n) is 8.12. The Morgan fingerprint density at radius 1 is 1.10 bits per heavy atom. The van der Waals surface area contributed by atoms with Gasteiger partial charge in [-0.05, 0) is 29.7 Å². The van der Waals surface area contributed by atoms with Gasteiger partial charge in [-0.1, -0.05) is 65.7 Å². The molecule has 2 amide bonds. The van der Waals surface area contributed by atoms with Gasteiger partial charge in [0.05, 0.1) is 12.6 Å². The van der Waals surface area contributed by atoms with Gasteiger partial charge in [0.15, 0.2) is 0 Å². The lowest BCUT2D eigenvalue weighted by Gasteiger charge is -2.47. The van der Waals surface area contributed by atoms with Crippen molar-refractivity contribution in [1.29, 1.82) is 0 Å². The molecule has 1 aromatic heterocycles. The van der Waals surface area contributed by atoms with Crippen LogP contribution in [0.2, 0.25) is 0 Å². The molecule has 6 heteroatoms. The van der Waals surface area contributed by atoms with Crippen LogP contribution in [0.3, 0.4) is 0 Å². The number of aromatic amines is 1. The van der Waals surface area contributed by atoms with Crippen LogP contribution < -0.4 is 0 Å². The van der Waals surface area contributed by atoms with Crippen molar-refractivity contribution >= 4 is 38.6 Å². The maximum Gasteiger partial charge on any atom is 0.246 e. The summed E-state index contributed by atoms with van der Waals surface area (Å²) >= 11 is 3.68. The van der Waals surface area contributed by atoms with E-state index in [1.54, 1.807) is 4.90 Å². The SMILES string of the molecule is CCCCN1CC(=O)N2[C@H](c3ccccc3Br)c3[nH]c4ccccc4c3C[C@@H]2C1=O. The predicted molar refractivity (Wildman–Crippen MR) is 120 cm³/mol. The molecule has 2 atom stereocenters. The molecule has 0 radical (unpaired) electrons. The van der Waals surface area contributed by atoms with Gasteiger partial charge in [0.25, 0.3) is 0 Å². The normalized spacial score (nSPS) is 21.1. The van der Waals surface area contributed by atoms with Crippen LogP contribution in [-0.2, 0) is 16.0 Å². The summed E-state index contributed by atoms with van der Waals surface area (Å²) in [5, 5.41) is 1.13. The Hall–Kier alpha value is -2.60. The number of piperazine rings is 1. The van der Waals surface area contributed by atoms with Crippen LogP contribution in [0.1, 0.15) is 42.6 Å². The minimum atomic E-state index is -0.466. The van der Waals surface area contributed by atoms with E-state index in [-0.39, 0.29) is 24.4 Å². The highest BCUT2D eigenvalue weighted by Crippen LogP contribution is 2.44. The summed E-state index contributed by atoms with van der Waals surface area (Å²) in [7, 11) is 0. The molecule has 3 aromatic rings. The lowest BCUT2D eigenvalue weighted by molar-refractivity contribution is -0.158. The second kappa shape index (κ2) is 7.58. The molecular formula is C24H24BrN3O2. The average molecular weight is 466 g/mol. The minimum absolute atomic E-state index is 0.0146. The highest BCUT2D eigenvalue weighted by Gasteiger charge is 2.48. The lowest BCUT2D eigenvalue weighted by atomic mass is 9.86. The minimum Gasteiger partial charge on any atom is -0.356 e. The Kier molecular flexibility index (Phi) is 4.89. The fourth-order valence-electron chi connectivity index (χ4n) is 4.88. The summed E-state index contributed by atoms with van der Waals surface area (Å²) in [6.07, 6.45) is 2.46. The number of hydrogen-bond acceptors (Lipinski definition) is 2. The third kappa shape index (κ3) is 2.97. The molecular weight excluding hydrogens is 442 g/mol. The van der Waals surface area contributed by atoms with Gasteiger partial charge in [0.2, 0.25) is 11.8 Å². The highest BCUT2D eigenvalue weighted by molar-refractivity contribution is 9.10. The van der Waals surface area contributed by atoms with Crippen molar-refractivity contribution in [3.8, 4) is 0 Å². The summed E-state index contributed by atoms with van der Waals surface area (Å²) in [5.74, 6) is 0.0804. The number of benzene rings is 2. The first-order valence-corrected chi connectivity index (χ1v) is 11.3. The van der Waals surface area contributed by atoms with E-state index in [9.17, 15) is 9.59 Å².